The number of hydrogen-bond donors (Lipinski definition) is 1. The maximum atomic E-state index is 11.8. The minimum absolute atomic E-state index is 0.00803. The molecule has 86 valence electrons. The van der Waals surface area contributed by atoms with Crippen LogP contribution in [0.2, 0.25) is 0 Å². The smallest absolute Gasteiger partial charge is 0.389 e. The SMILES string of the molecule is CCC(C)(C)C(O)CCCC(F)(F)F. The van der Waals surface area contributed by atoms with Gasteiger partial charge in [-0.1, -0.05) is 20.8 Å². The summed E-state index contributed by atoms with van der Waals surface area (Å²) in [5.74, 6) is 0. The average Bonchev–Trinajstić information content (AvgIpc) is 2.02. The Bertz CT molecular complexity index is 163. The van der Waals surface area contributed by atoms with Crippen molar-refractivity contribution in [2.24, 2.45) is 5.41 Å². The lowest BCUT2D eigenvalue weighted by Crippen LogP contribution is -2.28. The van der Waals surface area contributed by atoms with Crippen LogP contribution >= 0.6 is 0 Å². The van der Waals surface area contributed by atoms with E-state index in [0.29, 0.717) is 0 Å². The highest BCUT2D eigenvalue weighted by molar-refractivity contribution is 4.76. The molecule has 0 heterocycles. The summed E-state index contributed by atoms with van der Waals surface area (Å²) in [7, 11) is 0. The molecule has 0 aromatic rings. The quantitative estimate of drug-likeness (QED) is 0.739. The third kappa shape index (κ3) is 5.47. The van der Waals surface area contributed by atoms with E-state index < -0.39 is 18.7 Å². The summed E-state index contributed by atoms with van der Waals surface area (Å²) in [5, 5.41) is 9.61. The predicted octanol–water partition coefficient (Wildman–Crippen LogP) is 3.52. The van der Waals surface area contributed by atoms with Crippen molar-refractivity contribution in [3.05, 3.63) is 0 Å². The molecule has 0 fully saturated rings. The van der Waals surface area contributed by atoms with Gasteiger partial charge in [-0.2, -0.15) is 13.2 Å². The van der Waals surface area contributed by atoms with Crippen molar-refractivity contribution in [1.82, 2.24) is 0 Å². The molecule has 0 aliphatic heterocycles. The second-order valence-corrected chi connectivity index (χ2v) is 4.37. The molecule has 1 atom stereocenters. The molecule has 0 rings (SSSR count). The number of aliphatic hydroxyl groups is 1. The first-order valence-electron chi connectivity index (χ1n) is 4.94. The zero-order valence-electron chi connectivity index (χ0n) is 8.99. The van der Waals surface area contributed by atoms with E-state index in [4.69, 9.17) is 0 Å². The van der Waals surface area contributed by atoms with E-state index in [9.17, 15) is 18.3 Å². The van der Waals surface area contributed by atoms with Crippen LogP contribution in [0.3, 0.4) is 0 Å². The van der Waals surface area contributed by atoms with Crippen LogP contribution in [0.1, 0.15) is 46.5 Å². The van der Waals surface area contributed by atoms with Crippen LogP contribution < -0.4 is 0 Å². The fourth-order valence-electron chi connectivity index (χ4n) is 1.12. The van der Waals surface area contributed by atoms with Gasteiger partial charge in [-0.3, -0.25) is 0 Å². The lowest BCUT2D eigenvalue weighted by atomic mass is 9.81. The Kier molecular flexibility index (Phi) is 4.92. The largest absolute Gasteiger partial charge is 0.393 e. The van der Waals surface area contributed by atoms with Crippen molar-refractivity contribution in [2.45, 2.75) is 58.7 Å². The van der Waals surface area contributed by atoms with Gasteiger partial charge in [-0.25, -0.2) is 0 Å². The number of hydrogen-bond acceptors (Lipinski definition) is 1. The Labute approximate surface area is 83.3 Å². The first-order valence-corrected chi connectivity index (χ1v) is 4.94. The molecule has 0 spiro atoms. The van der Waals surface area contributed by atoms with E-state index in [1.807, 2.05) is 20.8 Å². The van der Waals surface area contributed by atoms with Crippen LogP contribution in [0.15, 0.2) is 0 Å². The molecule has 14 heavy (non-hydrogen) atoms. The van der Waals surface area contributed by atoms with Gasteiger partial charge in [-0.15, -0.1) is 0 Å². The average molecular weight is 212 g/mol. The Balaban J connectivity index is 3.80. The van der Waals surface area contributed by atoms with Crippen molar-refractivity contribution in [1.29, 1.82) is 0 Å². The Morgan fingerprint density at radius 3 is 2.07 bits per heavy atom. The van der Waals surface area contributed by atoms with Gasteiger partial charge >= 0.3 is 6.18 Å². The summed E-state index contributed by atoms with van der Waals surface area (Å²) in [6, 6.07) is 0. The first kappa shape index (κ1) is 13.8. The Morgan fingerprint density at radius 1 is 1.21 bits per heavy atom. The number of rotatable bonds is 5. The molecule has 0 amide bonds. The fraction of sp³-hybridized carbons (Fsp3) is 1.00. The van der Waals surface area contributed by atoms with E-state index in [0.717, 1.165) is 6.42 Å². The lowest BCUT2D eigenvalue weighted by Gasteiger charge is -2.29. The van der Waals surface area contributed by atoms with Crippen molar-refractivity contribution < 1.29 is 18.3 Å². The zero-order valence-corrected chi connectivity index (χ0v) is 8.99. The molecular formula is C10H19F3O. The minimum atomic E-state index is -4.10. The third-order valence-corrected chi connectivity index (χ3v) is 2.75. The zero-order chi connectivity index (χ0) is 11.4. The lowest BCUT2D eigenvalue weighted by molar-refractivity contribution is -0.137. The summed E-state index contributed by atoms with van der Waals surface area (Å²) in [6.07, 6.45) is -4.55. The summed E-state index contributed by atoms with van der Waals surface area (Å²) >= 11 is 0. The highest BCUT2D eigenvalue weighted by atomic mass is 19.4. The maximum absolute atomic E-state index is 11.8. The van der Waals surface area contributed by atoms with Gasteiger partial charge in [0.15, 0.2) is 0 Å². The van der Waals surface area contributed by atoms with E-state index in [-0.39, 0.29) is 18.3 Å². The van der Waals surface area contributed by atoms with E-state index >= 15 is 0 Å². The van der Waals surface area contributed by atoms with Crippen LogP contribution in [-0.4, -0.2) is 17.4 Å². The topological polar surface area (TPSA) is 20.2 Å². The van der Waals surface area contributed by atoms with E-state index in [1.165, 1.54) is 0 Å². The predicted molar refractivity (Wildman–Crippen MR) is 50.0 cm³/mol. The summed E-state index contributed by atoms with van der Waals surface area (Å²) in [5.41, 5.74) is -0.286. The molecule has 1 unspecified atom stereocenters. The van der Waals surface area contributed by atoms with Crippen molar-refractivity contribution in [3.63, 3.8) is 0 Å². The van der Waals surface area contributed by atoms with Crippen LogP contribution in [-0.2, 0) is 0 Å². The molecule has 0 bridgehead atoms. The van der Waals surface area contributed by atoms with Crippen LogP contribution in [0, 0.1) is 5.41 Å². The monoisotopic (exact) mass is 212 g/mol. The van der Waals surface area contributed by atoms with Gasteiger partial charge in [0.2, 0.25) is 0 Å². The molecular weight excluding hydrogens is 193 g/mol. The fourth-order valence-corrected chi connectivity index (χ4v) is 1.12. The molecule has 0 aromatic heterocycles. The Hall–Kier alpha value is -0.250. The van der Waals surface area contributed by atoms with Gasteiger partial charge < -0.3 is 5.11 Å². The van der Waals surface area contributed by atoms with E-state index in [1.54, 1.807) is 0 Å². The molecule has 0 saturated carbocycles. The Morgan fingerprint density at radius 2 is 1.71 bits per heavy atom. The standard InChI is InChI=1S/C10H19F3O/c1-4-9(2,3)8(14)6-5-7-10(11,12)13/h8,14H,4-7H2,1-3H3. The number of alkyl halides is 3. The normalized spacial score (nSPS) is 15.6. The van der Waals surface area contributed by atoms with Crippen LogP contribution in [0.4, 0.5) is 13.2 Å². The molecule has 0 aliphatic carbocycles. The highest BCUT2D eigenvalue weighted by Crippen LogP contribution is 2.30. The maximum Gasteiger partial charge on any atom is 0.389 e. The van der Waals surface area contributed by atoms with Gasteiger partial charge in [0, 0.05) is 6.42 Å². The first-order chi connectivity index (χ1) is 6.19. The minimum Gasteiger partial charge on any atom is -0.393 e. The van der Waals surface area contributed by atoms with Gasteiger partial charge in [-0.05, 0) is 24.7 Å². The van der Waals surface area contributed by atoms with Crippen LogP contribution in [0.25, 0.3) is 0 Å². The number of halogens is 3. The van der Waals surface area contributed by atoms with Crippen LogP contribution in [0.5, 0.6) is 0 Å². The summed E-state index contributed by atoms with van der Waals surface area (Å²) in [6.45, 7) is 5.66. The van der Waals surface area contributed by atoms with Gasteiger partial charge in [0.05, 0.1) is 6.10 Å². The molecule has 1 nitrogen and oxygen atoms in total. The van der Waals surface area contributed by atoms with E-state index in [2.05, 4.69) is 0 Å². The molecule has 0 radical (unpaired) electrons. The van der Waals surface area contributed by atoms with Crippen molar-refractivity contribution in [2.75, 3.05) is 0 Å². The molecule has 0 aliphatic rings. The number of aliphatic hydroxyl groups excluding tert-OH is 1. The highest BCUT2D eigenvalue weighted by Gasteiger charge is 2.29. The summed E-state index contributed by atoms with van der Waals surface area (Å²) in [4.78, 5) is 0. The van der Waals surface area contributed by atoms with Crippen molar-refractivity contribution in [3.8, 4) is 0 Å². The van der Waals surface area contributed by atoms with Crippen molar-refractivity contribution >= 4 is 0 Å². The van der Waals surface area contributed by atoms with Gasteiger partial charge in [0.25, 0.3) is 0 Å². The molecule has 0 saturated heterocycles. The second kappa shape index (κ2) is 5.01. The molecule has 0 aromatic carbocycles. The molecule has 4 heteroatoms. The van der Waals surface area contributed by atoms with Gasteiger partial charge in [0.1, 0.15) is 0 Å². The second-order valence-electron chi connectivity index (χ2n) is 4.37. The molecule has 1 N–H and O–H groups in total. The summed E-state index contributed by atoms with van der Waals surface area (Å²) < 4.78 is 35.4. The third-order valence-electron chi connectivity index (χ3n) is 2.75.